The monoisotopic (exact) mass is 509 g/mol. The van der Waals surface area contributed by atoms with Crippen molar-refractivity contribution < 1.29 is 19.4 Å². The van der Waals surface area contributed by atoms with Crippen LogP contribution in [0.5, 0.6) is 11.6 Å². The van der Waals surface area contributed by atoms with Crippen LogP contribution in [-0.2, 0) is 11.4 Å². The highest BCUT2D eigenvalue weighted by Gasteiger charge is 2.26. The van der Waals surface area contributed by atoms with Crippen molar-refractivity contribution in [1.82, 2.24) is 4.98 Å². The van der Waals surface area contributed by atoms with E-state index in [-0.39, 0.29) is 12.3 Å². The molecule has 0 saturated carbocycles. The van der Waals surface area contributed by atoms with E-state index in [1.165, 1.54) is 16.7 Å². The zero-order valence-corrected chi connectivity index (χ0v) is 22.0. The highest BCUT2D eigenvalue weighted by Crippen LogP contribution is 2.42. The SMILES string of the molecule is CSCCCOc1cc(C)c(-c2cccc(COc3cc4c(cn3)C(CC(=O)O)CS4)c2)c(C)c1. The molecule has 1 atom stereocenters. The fourth-order valence-corrected chi connectivity index (χ4v) is 6.08. The number of carbonyl (C=O) groups is 1. The molecule has 0 spiro atoms. The summed E-state index contributed by atoms with van der Waals surface area (Å²) in [5.74, 6) is 2.61. The van der Waals surface area contributed by atoms with Crippen LogP contribution in [0, 0.1) is 13.8 Å². The van der Waals surface area contributed by atoms with Gasteiger partial charge in [-0.1, -0.05) is 18.2 Å². The van der Waals surface area contributed by atoms with Gasteiger partial charge in [0, 0.05) is 28.8 Å². The highest BCUT2D eigenvalue weighted by atomic mass is 32.2. The molecule has 2 aromatic carbocycles. The fraction of sp³-hybridized carbons (Fsp3) is 0.357. The zero-order valence-electron chi connectivity index (χ0n) is 20.4. The number of pyridine rings is 1. The van der Waals surface area contributed by atoms with E-state index in [0.717, 1.165) is 51.9 Å². The summed E-state index contributed by atoms with van der Waals surface area (Å²) in [5.41, 5.74) is 6.84. The molecule has 3 aromatic rings. The number of aryl methyl sites for hydroxylation is 2. The average Bonchev–Trinajstić information content (AvgIpc) is 3.22. The Morgan fingerprint density at radius 3 is 2.71 bits per heavy atom. The van der Waals surface area contributed by atoms with Crippen molar-refractivity contribution in [2.24, 2.45) is 0 Å². The maximum absolute atomic E-state index is 11.1. The molecule has 0 fully saturated rings. The Morgan fingerprint density at radius 1 is 1.17 bits per heavy atom. The number of fused-ring (bicyclic) bond motifs is 1. The topological polar surface area (TPSA) is 68.7 Å². The predicted molar refractivity (Wildman–Crippen MR) is 144 cm³/mol. The van der Waals surface area contributed by atoms with E-state index in [4.69, 9.17) is 14.6 Å². The van der Waals surface area contributed by atoms with Gasteiger partial charge in [0.1, 0.15) is 12.4 Å². The van der Waals surface area contributed by atoms with E-state index >= 15 is 0 Å². The number of nitrogens with zero attached hydrogens (tertiary/aromatic N) is 1. The van der Waals surface area contributed by atoms with Crippen molar-refractivity contribution in [2.45, 2.75) is 44.1 Å². The maximum Gasteiger partial charge on any atom is 0.303 e. The van der Waals surface area contributed by atoms with Crippen LogP contribution in [0.1, 0.15) is 41.0 Å². The van der Waals surface area contributed by atoms with Gasteiger partial charge in [0.2, 0.25) is 5.88 Å². The van der Waals surface area contributed by atoms with Gasteiger partial charge in [0.25, 0.3) is 0 Å². The minimum atomic E-state index is -0.776. The van der Waals surface area contributed by atoms with E-state index in [9.17, 15) is 4.79 Å². The van der Waals surface area contributed by atoms with Crippen molar-refractivity contribution in [2.75, 3.05) is 24.4 Å². The Labute approximate surface area is 215 Å². The lowest BCUT2D eigenvalue weighted by Gasteiger charge is -2.15. The number of thioether (sulfide) groups is 2. The predicted octanol–water partition coefficient (Wildman–Crippen LogP) is 6.74. The molecule has 7 heteroatoms. The second kappa shape index (κ2) is 11.9. The lowest BCUT2D eigenvalue weighted by molar-refractivity contribution is -0.137. The Kier molecular flexibility index (Phi) is 8.63. The second-order valence-electron chi connectivity index (χ2n) is 8.78. The van der Waals surface area contributed by atoms with E-state index in [1.54, 1.807) is 18.0 Å². The minimum Gasteiger partial charge on any atom is -0.494 e. The van der Waals surface area contributed by atoms with Crippen LogP contribution in [-0.4, -0.2) is 40.4 Å². The molecule has 0 radical (unpaired) electrons. The second-order valence-corrected chi connectivity index (χ2v) is 10.8. The summed E-state index contributed by atoms with van der Waals surface area (Å²) in [6.45, 7) is 5.41. The number of rotatable bonds is 11. The van der Waals surface area contributed by atoms with Gasteiger partial charge in [-0.15, -0.1) is 11.8 Å². The van der Waals surface area contributed by atoms with Gasteiger partial charge in [-0.2, -0.15) is 11.8 Å². The lowest BCUT2D eigenvalue weighted by Crippen LogP contribution is -2.06. The van der Waals surface area contributed by atoms with Crippen molar-refractivity contribution in [3.8, 4) is 22.8 Å². The standard InChI is InChI=1S/C28H31NO4S2/c1-18-10-23(32-8-5-9-34-3)11-19(2)28(18)21-7-4-6-20(12-21)16-33-26-14-25-24(15-29-26)22(17-35-25)13-27(30)31/h4,6-7,10-12,14-15,22H,5,8-9,13,16-17H2,1-3H3,(H,30,31). The van der Waals surface area contributed by atoms with Gasteiger partial charge >= 0.3 is 5.97 Å². The Morgan fingerprint density at radius 2 is 1.97 bits per heavy atom. The maximum atomic E-state index is 11.1. The Bertz CT molecular complexity index is 1170. The normalized spacial score (nSPS) is 14.5. The third-order valence-electron chi connectivity index (χ3n) is 6.04. The molecule has 1 aromatic heterocycles. The number of aliphatic carboxylic acids is 1. The first-order valence-corrected chi connectivity index (χ1v) is 14.1. The van der Waals surface area contributed by atoms with Crippen molar-refractivity contribution in [1.29, 1.82) is 0 Å². The number of carboxylic acids is 1. The number of ether oxygens (including phenoxy) is 2. The lowest BCUT2D eigenvalue weighted by atomic mass is 9.94. The molecule has 0 aliphatic carbocycles. The molecule has 184 valence electrons. The summed E-state index contributed by atoms with van der Waals surface area (Å²) in [5, 5.41) is 9.11. The van der Waals surface area contributed by atoms with E-state index in [2.05, 4.69) is 61.5 Å². The van der Waals surface area contributed by atoms with Crippen LogP contribution in [0.15, 0.2) is 53.6 Å². The molecular weight excluding hydrogens is 478 g/mol. The molecule has 5 nitrogen and oxygen atoms in total. The number of hydrogen-bond acceptors (Lipinski definition) is 6. The van der Waals surface area contributed by atoms with Crippen molar-refractivity contribution in [3.63, 3.8) is 0 Å². The summed E-state index contributed by atoms with van der Waals surface area (Å²) in [6, 6.07) is 14.6. The molecule has 35 heavy (non-hydrogen) atoms. The smallest absolute Gasteiger partial charge is 0.303 e. The quantitative estimate of drug-likeness (QED) is 0.287. The van der Waals surface area contributed by atoms with Crippen LogP contribution in [0.25, 0.3) is 11.1 Å². The fourth-order valence-electron chi connectivity index (χ4n) is 4.43. The molecule has 0 saturated heterocycles. The first-order valence-electron chi connectivity index (χ1n) is 11.7. The van der Waals surface area contributed by atoms with Gasteiger partial charge in [-0.05, 0) is 83.9 Å². The van der Waals surface area contributed by atoms with Crippen LogP contribution < -0.4 is 9.47 Å². The number of carboxylic acid groups (broad SMARTS) is 1. The van der Waals surface area contributed by atoms with Gasteiger partial charge < -0.3 is 14.6 Å². The van der Waals surface area contributed by atoms with Crippen LogP contribution in [0.2, 0.25) is 0 Å². The highest BCUT2D eigenvalue weighted by molar-refractivity contribution is 7.99. The number of aromatic nitrogens is 1. The van der Waals surface area contributed by atoms with Gasteiger partial charge in [-0.3, -0.25) is 4.79 Å². The summed E-state index contributed by atoms with van der Waals surface area (Å²) in [7, 11) is 0. The van der Waals surface area contributed by atoms with Crippen LogP contribution in [0.3, 0.4) is 0 Å². The molecule has 0 bridgehead atoms. The molecule has 4 rings (SSSR count). The Balaban J connectivity index is 1.43. The van der Waals surface area contributed by atoms with E-state index < -0.39 is 5.97 Å². The Hall–Kier alpha value is -2.64. The summed E-state index contributed by atoms with van der Waals surface area (Å²) in [4.78, 5) is 16.6. The zero-order chi connectivity index (χ0) is 24.8. The average molecular weight is 510 g/mol. The molecule has 2 heterocycles. The minimum absolute atomic E-state index is 0.0179. The summed E-state index contributed by atoms with van der Waals surface area (Å²) >= 11 is 3.51. The van der Waals surface area contributed by atoms with Crippen LogP contribution in [0.4, 0.5) is 0 Å². The molecule has 1 aliphatic rings. The van der Waals surface area contributed by atoms with Gasteiger partial charge in [0.15, 0.2) is 0 Å². The van der Waals surface area contributed by atoms with E-state index in [1.807, 2.05) is 17.8 Å². The first-order chi connectivity index (χ1) is 16.9. The molecule has 0 amide bonds. The number of benzene rings is 2. The van der Waals surface area contributed by atoms with Gasteiger partial charge in [-0.25, -0.2) is 4.98 Å². The number of hydrogen-bond donors (Lipinski definition) is 1. The first kappa shape index (κ1) is 25.5. The van der Waals surface area contributed by atoms with E-state index in [0.29, 0.717) is 12.5 Å². The third kappa shape index (κ3) is 6.53. The molecule has 1 unspecified atom stereocenters. The molecular formula is C28H31NO4S2. The van der Waals surface area contributed by atoms with Gasteiger partial charge in [0.05, 0.1) is 13.0 Å². The van der Waals surface area contributed by atoms with Crippen molar-refractivity contribution >= 4 is 29.5 Å². The summed E-state index contributed by atoms with van der Waals surface area (Å²) < 4.78 is 12.0. The van der Waals surface area contributed by atoms with Crippen molar-refractivity contribution in [3.05, 3.63) is 70.9 Å². The third-order valence-corrected chi connectivity index (χ3v) is 7.97. The molecule has 1 aliphatic heterocycles. The van der Waals surface area contributed by atoms with Crippen LogP contribution >= 0.6 is 23.5 Å². The summed E-state index contributed by atoms with van der Waals surface area (Å²) in [6.07, 6.45) is 5.07. The largest absolute Gasteiger partial charge is 0.494 e. The molecule has 1 N–H and O–H groups in total.